The third-order valence-electron chi connectivity index (χ3n) is 9.57. The fourth-order valence-electron chi connectivity index (χ4n) is 7.64. The molecule has 3 fully saturated rings. The Kier molecular flexibility index (Phi) is 6.48. The smallest absolute Gasteiger partial charge is 0.269 e. The maximum absolute atomic E-state index is 14.1. The average Bonchev–Trinajstić information content (AvgIpc) is 3.35. The molecular weight excluding hydrogens is 677 g/mol. The van der Waals surface area contributed by atoms with Gasteiger partial charge >= 0.3 is 0 Å². The second-order valence-corrected chi connectivity index (χ2v) is 13.2. The number of aromatic hydroxyl groups is 1. The summed E-state index contributed by atoms with van der Waals surface area (Å²) in [6.07, 6.45) is 1.73. The van der Waals surface area contributed by atoms with Crippen LogP contribution < -0.4 is 4.90 Å². The van der Waals surface area contributed by atoms with Crippen molar-refractivity contribution in [2.45, 2.75) is 28.5 Å². The lowest BCUT2D eigenvalue weighted by molar-refractivity contribution is -0.384. The van der Waals surface area contributed by atoms with Crippen LogP contribution >= 0.6 is 39.1 Å². The Hall–Kier alpha value is -3.80. The number of halogens is 3. The Morgan fingerprint density at radius 1 is 0.955 bits per heavy atom. The number of likely N-dealkylation sites (tertiary alicyclic amines) is 1. The molecule has 7 rings (SSSR count). The van der Waals surface area contributed by atoms with Crippen molar-refractivity contribution in [3.05, 3.63) is 88.0 Å². The Morgan fingerprint density at radius 2 is 1.66 bits per heavy atom. The van der Waals surface area contributed by atoms with Crippen molar-refractivity contribution in [1.82, 2.24) is 4.90 Å². The third-order valence-corrected chi connectivity index (χ3v) is 11.5. The molecule has 6 atom stereocenters. The molecule has 0 aromatic heterocycles. The first-order valence-electron chi connectivity index (χ1n) is 13.8. The molecule has 3 aromatic rings. The molecule has 2 saturated heterocycles. The highest BCUT2D eigenvalue weighted by molar-refractivity contribution is 9.09. The highest BCUT2D eigenvalue weighted by Gasteiger charge is 2.76. The number of benzene rings is 3. The summed E-state index contributed by atoms with van der Waals surface area (Å²) in [6.45, 7) is 0. The number of nitro groups is 1. The molecule has 2 aliphatic heterocycles. The molecule has 44 heavy (non-hydrogen) atoms. The molecular formula is C31H22BrCl2N3O7. The summed E-state index contributed by atoms with van der Waals surface area (Å²) in [4.78, 5) is 64.3. The van der Waals surface area contributed by atoms with E-state index in [-0.39, 0.29) is 35.4 Å². The number of carbonyl (C=O) groups is 4. The van der Waals surface area contributed by atoms with E-state index in [9.17, 15) is 34.4 Å². The van der Waals surface area contributed by atoms with Crippen LogP contribution in [0, 0.1) is 27.9 Å². The minimum absolute atomic E-state index is 0.138. The van der Waals surface area contributed by atoms with Gasteiger partial charge < -0.3 is 5.11 Å². The van der Waals surface area contributed by atoms with Gasteiger partial charge in [-0.1, -0.05) is 57.9 Å². The first-order valence-corrected chi connectivity index (χ1v) is 15.7. The Bertz CT molecular complexity index is 1870. The molecule has 6 unspecified atom stereocenters. The van der Waals surface area contributed by atoms with Gasteiger partial charge in [0.15, 0.2) is 9.75 Å². The summed E-state index contributed by atoms with van der Waals surface area (Å²) >= 11 is 17.8. The number of allylic oxidation sites excluding steroid dienone is 2. The number of alkyl halides is 3. The Morgan fingerprint density at radius 3 is 2.34 bits per heavy atom. The largest absolute Gasteiger partial charge is 0.508 e. The summed E-state index contributed by atoms with van der Waals surface area (Å²) in [6, 6.07) is 15.6. The van der Waals surface area contributed by atoms with Crippen molar-refractivity contribution in [3.8, 4) is 5.75 Å². The lowest BCUT2D eigenvalue weighted by atomic mass is 9.56. The van der Waals surface area contributed by atoms with Crippen LogP contribution in [0.3, 0.4) is 0 Å². The van der Waals surface area contributed by atoms with Crippen molar-refractivity contribution in [2.24, 2.45) is 17.8 Å². The molecule has 2 aliphatic carbocycles. The number of hydrogen-bond donors (Lipinski definition) is 1. The quantitative estimate of drug-likeness (QED) is 0.0966. The van der Waals surface area contributed by atoms with Gasteiger partial charge in [-0.25, -0.2) is 0 Å². The molecule has 1 N–H and O–H groups in total. The monoisotopic (exact) mass is 697 g/mol. The normalized spacial score (nSPS) is 31.2. The van der Waals surface area contributed by atoms with Crippen LogP contribution in [-0.2, 0) is 19.2 Å². The number of fused-ring (bicyclic) bond motifs is 5. The van der Waals surface area contributed by atoms with Gasteiger partial charge in [0.1, 0.15) is 5.75 Å². The Balaban J connectivity index is 1.42. The van der Waals surface area contributed by atoms with Gasteiger partial charge in [-0.3, -0.25) is 39.1 Å². The molecule has 0 bridgehead atoms. The number of phenols is 1. The van der Waals surface area contributed by atoms with Crippen molar-refractivity contribution in [1.29, 1.82) is 0 Å². The van der Waals surface area contributed by atoms with Gasteiger partial charge in [0, 0.05) is 23.6 Å². The molecule has 0 spiro atoms. The van der Waals surface area contributed by atoms with Crippen LogP contribution in [0.25, 0.3) is 10.8 Å². The molecule has 4 amide bonds. The lowest BCUT2D eigenvalue weighted by Crippen LogP contribution is -2.60. The van der Waals surface area contributed by atoms with Crippen LogP contribution in [0.4, 0.5) is 11.4 Å². The Labute approximate surface area is 268 Å². The summed E-state index contributed by atoms with van der Waals surface area (Å²) in [7, 11) is 0. The third kappa shape index (κ3) is 3.60. The van der Waals surface area contributed by atoms with Crippen molar-refractivity contribution < 1.29 is 29.2 Å². The predicted molar refractivity (Wildman–Crippen MR) is 165 cm³/mol. The SMILES string of the molecule is O=C1C2CC=C3C(CC4(Cl)C(=O)N(CBr)C(=O)C4(Cl)C3c3c(O)ccc4ccccc34)C2C(=O)N1c1ccc([N+](=O)[O-])cc1. The highest BCUT2D eigenvalue weighted by Crippen LogP contribution is 2.66. The molecule has 13 heteroatoms. The van der Waals surface area contributed by atoms with E-state index >= 15 is 0 Å². The average molecular weight is 699 g/mol. The summed E-state index contributed by atoms with van der Waals surface area (Å²) < 4.78 is 0. The first kappa shape index (κ1) is 28.9. The maximum atomic E-state index is 14.1. The number of hydrogen-bond acceptors (Lipinski definition) is 7. The maximum Gasteiger partial charge on any atom is 0.269 e. The van der Waals surface area contributed by atoms with Gasteiger partial charge in [0.2, 0.25) is 11.8 Å². The summed E-state index contributed by atoms with van der Waals surface area (Å²) in [5.41, 5.74) is 0.684. The van der Waals surface area contributed by atoms with Crippen LogP contribution in [-0.4, -0.2) is 53.8 Å². The zero-order valence-electron chi connectivity index (χ0n) is 22.7. The van der Waals surface area contributed by atoms with Gasteiger partial charge in [-0.05, 0) is 47.7 Å². The van der Waals surface area contributed by atoms with E-state index in [0.29, 0.717) is 16.5 Å². The topological polar surface area (TPSA) is 138 Å². The van der Waals surface area contributed by atoms with Crippen molar-refractivity contribution >= 4 is 84.9 Å². The summed E-state index contributed by atoms with van der Waals surface area (Å²) in [5, 5.41) is 23.9. The number of carbonyl (C=O) groups excluding carboxylic acids is 4. The lowest BCUT2D eigenvalue weighted by Gasteiger charge is -2.51. The van der Waals surface area contributed by atoms with E-state index in [0.717, 1.165) is 15.2 Å². The fraction of sp³-hybridized carbons (Fsp3) is 0.290. The highest BCUT2D eigenvalue weighted by atomic mass is 79.9. The van der Waals surface area contributed by atoms with Crippen LogP contribution in [0.1, 0.15) is 24.3 Å². The number of nitrogens with zero attached hydrogens (tertiary/aromatic N) is 3. The van der Waals surface area contributed by atoms with E-state index in [1.807, 2.05) is 12.1 Å². The van der Waals surface area contributed by atoms with Gasteiger partial charge in [-0.15, -0.1) is 23.2 Å². The van der Waals surface area contributed by atoms with E-state index in [1.165, 1.54) is 30.3 Å². The van der Waals surface area contributed by atoms with Gasteiger partial charge in [-0.2, -0.15) is 0 Å². The fourth-order valence-corrected chi connectivity index (χ4v) is 9.04. The van der Waals surface area contributed by atoms with Gasteiger partial charge in [0.25, 0.3) is 17.5 Å². The number of amides is 4. The minimum atomic E-state index is -2.06. The molecule has 2 heterocycles. The van der Waals surface area contributed by atoms with Gasteiger partial charge in [0.05, 0.1) is 27.9 Å². The molecule has 0 radical (unpaired) electrons. The van der Waals surface area contributed by atoms with Crippen LogP contribution in [0.2, 0.25) is 0 Å². The van der Waals surface area contributed by atoms with Crippen LogP contribution in [0.5, 0.6) is 5.75 Å². The number of nitro benzene ring substituents is 1. The first-order chi connectivity index (χ1) is 21.0. The number of anilines is 1. The zero-order chi connectivity index (χ0) is 31.3. The minimum Gasteiger partial charge on any atom is -0.508 e. The standard InChI is InChI=1S/C31H22BrCl2N3O7/c32-14-35-28(41)30(33)13-21-19(25(31(30,34)29(35)42)24-18-4-2-1-3-15(18)5-12-22(24)38)10-11-20-23(21)27(40)36(26(20)39)16-6-8-17(9-7-16)37(43)44/h1-10,12,20-21,23,25,38H,11,13-14H2. The van der Waals surface area contributed by atoms with E-state index in [4.69, 9.17) is 23.2 Å². The second-order valence-electron chi connectivity index (χ2n) is 11.5. The molecule has 3 aromatic carbocycles. The van der Waals surface area contributed by atoms with Crippen molar-refractivity contribution in [2.75, 3.05) is 10.4 Å². The molecule has 1 saturated carbocycles. The van der Waals surface area contributed by atoms with Crippen molar-refractivity contribution in [3.63, 3.8) is 0 Å². The molecule has 224 valence electrons. The zero-order valence-corrected chi connectivity index (χ0v) is 25.8. The van der Waals surface area contributed by atoms with E-state index in [1.54, 1.807) is 24.3 Å². The molecule has 10 nitrogen and oxygen atoms in total. The summed E-state index contributed by atoms with van der Waals surface area (Å²) in [5.74, 6) is -6.28. The second kappa shape index (κ2) is 9.85. The number of phenolic OH excluding ortho intramolecular Hbond substituents is 1. The van der Waals surface area contributed by atoms with Crippen LogP contribution in [0.15, 0.2) is 72.3 Å². The van der Waals surface area contributed by atoms with E-state index in [2.05, 4.69) is 15.9 Å². The molecule has 4 aliphatic rings. The number of imide groups is 2. The number of non-ortho nitro benzene ring substituents is 1. The predicted octanol–water partition coefficient (Wildman–Crippen LogP) is 5.37. The van der Waals surface area contributed by atoms with E-state index < -0.39 is 62.0 Å². The number of rotatable bonds is 4.